The van der Waals surface area contributed by atoms with Gasteiger partial charge >= 0.3 is 0 Å². The van der Waals surface area contributed by atoms with Gasteiger partial charge in [0.1, 0.15) is 10.2 Å². The van der Waals surface area contributed by atoms with Crippen molar-refractivity contribution in [2.75, 3.05) is 0 Å². The van der Waals surface area contributed by atoms with E-state index >= 15 is 0 Å². The first-order chi connectivity index (χ1) is 5.59. The highest BCUT2D eigenvalue weighted by Crippen LogP contribution is 2.25. The Morgan fingerprint density at radius 1 is 1.42 bits per heavy atom. The number of aromatic hydroxyl groups is 1. The Labute approximate surface area is 88.7 Å². The van der Waals surface area contributed by atoms with Crippen molar-refractivity contribution in [1.29, 1.82) is 0 Å². The molecule has 0 unspecified atom stereocenters. The first kappa shape index (κ1) is 9.90. The molecule has 1 aromatic carbocycles. The van der Waals surface area contributed by atoms with Gasteiger partial charge in [-0.2, -0.15) is 0 Å². The smallest absolute Gasteiger partial charge is 0.122 e. The summed E-state index contributed by atoms with van der Waals surface area (Å²) in [6.07, 6.45) is 1.48. The lowest BCUT2D eigenvalue weighted by Gasteiger charge is -1.98. The molecule has 0 atom stereocenters. The predicted molar refractivity (Wildman–Crippen MR) is 55.5 cm³/mol. The summed E-state index contributed by atoms with van der Waals surface area (Å²) in [6, 6.07) is 5.02. The number of halogens is 3. The van der Waals surface area contributed by atoms with Crippen molar-refractivity contribution in [3.8, 4) is 5.75 Å². The molecule has 0 aliphatic carbocycles. The minimum absolute atomic E-state index is 0.114. The zero-order valence-corrected chi connectivity index (χ0v) is 8.99. The van der Waals surface area contributed by atoms with Gasteiger partial charge in [-0.05, 0) is 24.3 Å². The standard InChI is InChI=1S/C8H5BrCl2O/c9-6-1-2-7(12)5(3-6)4-8(10)11/h1-4,12H. The summed E-state index contributed by atoms with van der Waals surface area (Å²) in [7, 11) is 0. The van der Waals surface area contributed by atoms with Crippen LogP contribution in [-0.4, -0.2) is 5.11 Å². The maximum atomic E-state index is 9.30. The maximum Gasteiger partial charge on any atom is 0.122 e. The van der Waals surface area contributed by atoms with Gasteiger partial charge in [0.2, 0.25) is 0 Å². The van der Waals surface area contributed by atoms with Crippen LogP contribution in [0, 0.1) is 0 Å². The number of hydrogen-bond acceptors (Lipinski definition) is 1. The Morgan fingerprint density at radius 3 is 2.67 bits per heavy atom. The van der Waals surface area contributed by atoms with Gasteiger partial charge in [-0.25, -0.2) is 0 Å². The molecule has 0 saturated carbocycles. The quantitative estimate of drug-likeness (QED) is 0.818. The summed E-state index contributed by atoms with van der Waals surface area (Å²) in [5, 5.41) is 9.30. The second kappa shape index (κ2) is 4.17. The molecule has 12 heavy (non-hydrogen) atoms. The van der Waals surface area contributed by atoms with E-state index in [-0.39, 0.29) is 10.2 Å². The van der Waals surface area contributed by atoms with Gasteiger partial charge in [0, 0.05) is 10.0 Å². The summed E-state index contributed by atoms with van der Waals surface area (Å²) >= 11 is 14.1. The van der Waals surface area contributed by atoms with E-state index in [1.54, 1.807) is 18.2 Å². The van der Waals surface area contributed by atoms with Crippen molar-refractivity contribution in [3.05, 3.63) is 32.7 Å². The molecule has 0 heterocycles. The molecule has 0 radical (unpaired) electrons. The topological polar surface area (TPSA) is 20.2 Å². The summed E-state index contributed by atoms with van der Waals surface area (Å²) in [5.41, 5.74) is 0.587. The zero-order valence-electron chi connectivity index (χ0n) is 5.89. The van der Waals surface area contributed by atoms with Crippen molar-refractivity contribution < 1.29 is 5.11 Å². The fourth-order valence-corrected chi connectivity index (χ4v) is 1.37. The second-order valence-electron chi connectivity index (χ2n) is 2.14. The molecule has 0 amide bonds. The van der Waals surface area contributed by atoms with Crippen LogP contribution in [0.3, 0.4) is 0 Å². The number of rotatable bonds is 1. The Hall–Kier alpha value is -0.180. The van der Waals surface area contributed by atoms with Crippen LogP contribution in [0.5, 0.6) is 5.75 Å². The maximum absolute atomic E-state index is 9.30. The predicted octanol–water partition coefficient (Wildman–Crippen LogP) is 3.93. The fraction of sp³-hybridized carbons (Fsp3) is 0. The molecule has 0 bridgehead atoms. The SMILES string of the molecule is Oc1ccc(Br)cc1C=C(Cl)Cl. The van der Waals surface area contributed by atoms with Crippen LogP contribution in [-0.2, 0) is 0 Å². The van der Waals surface area contributed by atoms with E-state index in [0.29, 0.717) is 5.56 Å². The molecular weight excluding hydrogens is 263 g/mol. The highest BCUT2D eigenvalue weighted by Gasteiger charge is 1.98. The molecule has 0 aliphatic heterocycles. The molecule has 1 rings (SSSR count). The molecular formula is C8H5BrCl2O. The van der Waals surface area contributed by atoms with Crippen LogP contribution in [0.1, 0.15) is 5.56 Å². The lowest BCUT2D eigenvalue weighted by molar-refractivity contribution is 0.474. The summed E-state index contributed by atoms with van der Waals surface area (Å²) in [4.78, 5) is 0. The second-order valence-corrected chi connectivity index (χ2v) is 4.06. The van der Waals surface area contributed by atoms with Crippen LogP contribution < -0.4 is 0 Å². The largest absolute Gasteiger partial charge is 0.507 e. The average Bonchev–Trinajstić information content (AvgIpc) is 1.96. The van der Waals surface area contributed by atoms with E-state index in [2.05, 4.69) is 15.9 Å². The van der Waals surface area contributed by atoms with E-state index in [9.17, 15) is 5.11 Å². The van der Waals surface area contributed by atoms with E-state index in [4.69, 9.17) is 23.2 Å². The number of phenolic OH excluding ortho intramolecular Hbond substituents is 1. The molecule has 0 aliphatic rings. The van der Waals surface area contributed by atoms with Crippen LogP contribution >= 0.6 is 39.1 Å². The molecule has 1 nitrogen and oxygen atoms in total. The summed E-state index contributed by atoms with van der Waals surface area (Å²) in [5.74, 6) is 0.150. The Balaban J connectivity index is 3.14. The van der Waals surface area contributed by atoms with Crippen molar-refractivity contribution in [1.82, 2.24) is 0 Å². The van der Waals surface area contributed by atoms with E-state index in [0.717, 1.165) is 4.47 Å². The van der Waals surface area contributed by atoms with Gasteiger partial charge in [-0.15, -0.1) is 0 Å². The monoisotopic (exact) mass is 266 g/mol. The number of phenols is 1. The van der Waals surface area contributed by atoms with Gasteiger partial charge in [0.15, 0.2) is 0 Å². The normalized spacial score (nSPS) is 9.58. The van der Waals surface area contributed by atoms with Crippen LogP contribution in [0.15, 0.2) is 27.2 Å². The first-order valence-electron chi connectivity index (χ1n) is 3.11. The molecule has 0 saturated heterocycles. The Morgan fingerprint density at radius 2 is 2.08 bits per heavy atom. The third kappa shape index (κ3) is 2.70. The first-order valence-corrected chi connectivity index (χ1v) is 4.65. The fourth-order valence-electron chi connectivity index (χ4n) is 0.759. The minimum Gasteiger partial charge on any atom is -0.507 e. The van der Waals surface area contributed by atoms with Gasteiger partial charge in [-0.3, -0.25) is 0 Å². The van der Waals surface area contributed by atoms with Crippen molar-refractivity contribution in [2.45, 2.75) is 0 Å². The van der Waals surface area contributed by atoms with Crippen LogP contribution in [0.25, 0.3) is 6.08 Å². The average molecular weight is 268 g/mol. The van der Waals surface area contributed by atoms with Gasteiger partial charge in [0.25, 0.3) is 0 Å². The molecule has 0 aromatic heterocycles. The molecule has 0 spiro atoms. The van der Waals surface area contributed by atoms with Crippen molar-refractivity contribution >= 4 is 45.2 Å². The molecule has 64 valence electrons. The van der Waals surface area contributed by atoms with Crippen LogP contribution in [0.4, 0.5) is 0 Å². The van der Waals surface area contributed by atoms with E-state index in [1.807, 2.05) is 0 Å². The molecule has 4 heteroatoms. The third-order valence-corrected chi connectivity index (χ3v) is 1.97. The third-order valence-electron chi connectivity index (χ3n) is 1.25. The van der Waals surface area contributed by atoms with E-state index in [1.165, 1.54) is 6.08 Å². The molecule has 1 aromatic rings. The number of benzene rings is 1. The van der Waals surface area contributed by atoms with Gasteiger partial charge in [0.05, 0.1) is 0 Å². The minimum atomic E-state index is 0.114. The van der Waals surface area contributed by atoms with Crippen molar-refractivity contribution in [3.63, 3.8) is 0 Å². The highest BCUT2D eigenvalue weighted by atomic mass is 79.9. The highest BCUT2D eigenvalue weighted by molar-refractivity contribution is 9.10. The molecule has 0 fully saturated rings. The lowest BCUT2D eigenvalue weighted by Crippen LogP contribution is -1.74. The van der Waals surface area contributed by atoms with Gasteiger partial charge < -0.3 is 5.11 Å². The summed E-state index contributed by atoms with van der Waals surface area (Å²) < 4.78 is 0.976. The summed E-state index contributed by atoms with van der Waals surface area (Å²) in [6.45, 7) is 0. The lowest BCUT2D eigenvalue weighted by atomic mass is 10.2. The number of hydrogen-bond donors (Lipinski definition) is 1. The van der Waals surface area contributed by atoms with Crippen LogP contribution in [0.2, 0.25) is 0 Å². The molecule has 1 N–H and O–H groups in total. The van der Waals surface area contributed by atoms with Gasteiger partial charge in [-0.1, -0.05) is 39.1 Å². The van der Waals surface area contributed by atoms with Crippen molar-refractivity contribution in [2.24, 2.45) is 0 Å². The van der Waals surface area contributed by atoms with E-state index < -0.39 is 0 Å². The Kier molecular flexibility index (Phi) is 3.44. The zero-order chi connectivity index (χ0) is 9.14. The Bertz CT molecular complexity index is 319.